The van der Waals surface area contributed by atoms with Crippen molar-refractivity contribution in [2.45, 2.75) is 6.92 Å². The first-order valence-corrected chi connectivity index (χ1v) is 3.28. The molecule has 0 amide bonds. The summed E-state index contributed by atoms with van der Waals surface area (Å²) in [5.41, 5.74) is 0.505. The summed E-state index contributed by atoms with van der Waals surface area (Å²) in [7, 11) is 0. The van der Waals surface area contributed by atoms with Crippen LogP contribution in [0.2, 0.25) is 0 Å². The van der Waals surface area contributed by atoms with Crippen molar-refractivity contribution in [2.24, 2.45) is 0 Å². The first kappa shape index (κ1) is 6.15. The van der Waals surface area contributed by atoms with E-state index in [1.165, 1.54) is 0 Å². The van der Waals surface area contributed by atoms with Crippen LogP contribution in [0.1, 0.15) is 5.82 Å². The molecular weight excluding hydrogens is 142 g/mol. The van der Waals surface area contributed by atoms with Crippen LogP contribution in [-0.2, 0) is 0 Å². The molecule has 0 bridgehead atoms. The standard InChI is InChI=1S/C7H7N3O/c1-5-8-9-7-6(11)3-2-4-10(5)7/h2-4,11H,1H3. The lowest BCUT2D eigenvalue weighted by Crippen LogP contribution is -1.85. The van der Waals surface area contributed by atoms with Crippen molar-refractivity contribution < 1.29 is 5.11 Å². The van der Waals surface area contributed by atoms with Crippen LogP contribution in [0, 0.1) is 6.92 Å². The van der Waals surface area contributed by atoms with Gasteiger partial charge in [0, 0.05) is 6.20 Å². The second kappa shape index (κ2) is 1.95. The molecule has 2 rings (SSSR count). The van der Waals surface area contributed by atoms with Gasteiger partial charge in [-0.3, -0.25) is 4.40 Å². The van der Waals surface area contributed by atoms with E-state index < -0.39 is 0 Å². The summed E-state index contributed by atoms with van der Waals surface area (Å²) in [5.74, 6) is 0.934. The summed E-state index contributed by atoms with van der Waals surface area (Å²) < 4.78 is 1.73. The largest absolute Gasteiger partial charge is 0.504 e. The van der Waals surface area contributed by atoms with Gasteiger partial charge in [-0.05, 0) is 19.1 Å². The third kappa shape index (κ3) is 0.756. The van der Waals surface area contributed by atoms with Crippen molar-refractivity contribution in [3.05, 3.63) is 24.2 Å². The zero-order valence-electron chi connectivity index (χ0n) is 6.02. The lowest BCUT2D eigenvalue weighted by molar-refractivity contribution is 0.477. The van der Waals surface area contributed by atoms with E-state index in [-0.39, 0.29) is 5.75 Å². The molecule has 0 unspecified atom stereocenters. The quantitative estimate of drug-likeness (QED) is 0.601. The molecule has 0 saturated carbocycles. The SMILES string of the molecule is Cc1nnc2c(O)cccn12. The van der Waals surface area contributed by atoms with E-state index in [0.29, 0.717) is 5.65 Å². The molecule has 4 heteroatoms. The van der Waals surface area contributed by atoms with Crippen LogP contribution >= 0.6 is 0 Å². The van der Waals surface area contributed by atoms with Gasteiger partial charge >= 0.3 is 0 Å². The minimum Gasteiger partial charge on any atom is -0.504 e. The topological polar surface area (TPSA) is 50.4 Å². The molecule has 0 aromatic carbocycles. The van der Waals surface area contributed by atoms with Crippen LogP contribution < -0.4 is 0 Å². The van der Waals surface area contributed by atoms with Gasteiger partial charge in [0.15, 0.2) is 5.75 Å². The Balaban J connectivity index is 2.94. The van der Waals surface area contributed by atoms with E-state index in [1.807, 2.05) is 13.1 Å². The third-order valence-corrected chi connectivity index (χ3v) is 1.58. The number of aromatic nitrogens is 3. The fourth-order valence-corrected chi connectivity index (χ4v) is 1.02. The maximum atomic E-state index is 9.26. The zero-order chi connectivity index (χ0) is 7.84. The molecule has 0 spiro atoms. The Bertz CT molecular complexity index is 393. The molecule has 0 atom stereocenters. The molecule has 0 aliphatic carbocycles. The second-order valence-electron chi connectivity index (χ2n) is 2.33. The molecule has 0 aliphatic rings. The van der Waals surface area contributed by atoms with Gasteiger partial charge in [-0.2, -0.15) is 0 Å². The van der Waals surface area contributed by atoms with E-state index in [1.54, 1.807) is 16.5 Å². The van der Waals surface area contributed by atoms with Gasteiger partial charge in [-0.1, -0.05) is 0 Å². The van der Waals surface area contributed by atoms with Gasteiger partial charge in [0.2, 0.25) is 5.65 Å². The Hall–Kier alpha value is -1.58. The minimum atomic E-state index is 0.160. The van der Waals surface area contributed by atoms with Crippen LogP contribution in [0.3, 0.4) is 0 Å². The number of aromatic hydroxyl groups is 1. The summed E-state index contributed by atoms with van der Waals surface area (Å²) in [4.78, 5) is 0. The van der Waals surface area contributed by atoms with E-state index in [2.05, 4.69) is 10.2 Å². The number of hydrogen-bond acceptors (Lipinski definition) is 3. The smallest absolute Gasteiger partial charge is 0.203 e. The van der Waals surface area contributed by atoms with Gasteiger partial charge in [-0.25, -0.2) is 0 Å². The molecule has 0 fully saturated rings. The predicted molar refractivity (Wildman–Crippen MR) is 39.4 cm³/mol. The highest BCUT2D eigenvalue weighted by Gasteiger charge is 2.02. The molecule has 1 N–H and O–H groups in total. The summed E-state index contributed by atoms with van der Waals surface area (Å²) in [5, 5.41) is 16.9. The van der Waals surface area contributed by atoms with Crippen molar-refractivity contribution in [3.8, 4) is 5.75 Å². The number of pyridine rings is 1. The normalized spacial score (nSPS) is 10.6. The number of hydrogen-bond donors (Lipinski definition) is 1. The zero-order valence-corrected chi connectivity index (χ0v) is 6.02. The highest BCUT2D eigenvalue weighted by molar-refractivity contribution is 5.51. The maximum absolute atomic E-state index is 9.26. The highest BCUT2D eigenvalue weighted by Crippen LogP contribution is 2.14. The lowest BCUT2D eigenvalue weighted by atomic mass is 10.4. The minimum absolute atomic E-state index is 0.160. The van der Waals surface area contributed by atoms with Crippen LogP contribution in [0.5, 0.6) is 5.75 Å². The first-order valence-electron chi connectivity index (χ1n) is 3.28. The van der Waals surface area contributed by atoms with Crippen molar-refractivity contribution >= 4 is 5.65 Å². The van der Waals surface area contributed by atoms with Gasteiger partial charge < -0.3 is 5.11 Å². The molecule has 0 radical (unpaired) electrons. The molecule has 4 nitrogen and oxygen atoms in total. The van der Waals surface area contributed by atoms with Gasteiger partial charge in [0.25, 0.3) is 0 Å². The predicted octanol–water partition coefficient (Wildman–Crippen LogP) is 0.743. The summed E-state index contributed by atoms with van der Waals surface area (Å²) in [6.45, 7) is 1.83. The monoisotopic (exact) mass is 149 g/mol. The fourth-order valence-electron chi connectivity index (χ4n) is 1.02. The summed E-state index contributed by atoms with van der Waals surface area (Å²) in [6.07, 6.45) is 1.81. The van der Waals surface area contributed by atoms with Crippen molar-refractivity contribution in [1.82, 2.24) is 14.6 Å². The maximum Gasteiger partial charge on any atom is 0.203 e. The van der Waals surface area contributed by atoms with Gasteiger partial charge in [0.05, 0.1) is 0 Å². The van der Waals surface area contributed by atoms with Crippen molar-refractivity contribution in [3.63, 3.8) is 0 Å². The Kier molecular flexibility index (Phi) is 1.09. The third-order valence-electron chi connectivity index (χ3n) is 1.58. The molecule has 0 saturated heterocycles. The van der Waals surface area contributed by atoms with Crippen molar-refractivity contribution in [2.75, 3.05) is 0 Å². The van der Waals surface area contributed by atoms with Gasteiger partial charge in [-0.15, -0.1) is 10.2 Å². The second-order valence-corrected chi connectivity index (χ2v) is 2.33. The van der Waals surface area contributed by atoms with E-state index in [9.17, 15) is 5.11 Å². The molecule has 11 heavy (non-hydrogen) atoms. The average molecular weight is 149 g/mol. The first-order chi connectivity index (χ1) is 5.29. The molecule has 2 aromatic heterocycles. The summed E-state index contributed by atoms with van der Waals surface area (Å²) in [6, 6.07) is 3.34. The van der Waals surface area contributed by atoms with E-state index in [0.717, 1.165) is 5.82 Å². The summed E-state index contributed by atoms with van der Waals surface area (Å²) >= 11 is 0. The fraction of sp³-hybridized carbons (Fsp3) is 0.143. The Morgan fingerprint density at radius 2 is 2.27 bits per heavy atom. The van der Waals surface area contributed by atoms with Crippen LogP contribution in [-0.4, -0.2) is 19.7 Å². The Morgan fingerprint density at radius 3 is 3.00 bits per heavy atom. The Morgan fingerprint density at radius 1 is 1.45 bits per heavy atom. The van der Waals surface area contributed by atoms with Crippen LogP contribution in [0.15, 0.2) is 18.3 Å². The Labute approximate surface area is 63.1 Å². The molecule has 56 valence electrons. The van der Waals surface area contributed by atoms with Crippen LogP contribution in [0.25, 0.3) is 5.65 Å². The van der Waals surface area contributed by atoms with E-state index >= 15 is 0 Å². The number of aryl methyl sites for hydroxylation is 1. The number of nitrogens with zero attached hydrogens (tertiary/aromatic N) is 3. The van der Waals surface area contributed by atoms with E-state index in [4.69, 9.17) is 0 Å². The van der Waals surface area contributed by atoms with Crippen LogP contribution in [0.4, 0.5) is 0 Å². The molecular formula is C7H7N3O. The number of fused-ring (bicyclic) bond motifs is 1. The molecule has 0 aliphatic heterocycles. The molecule has 2 heterocycles. The number of rotatable bonds is 0. The van der Waals surface area contributed by atoms with Crippen molar-refractivity contribution in [1.29, 1.82) is 0 Å². The van der Waals surface area contributed by atoms with Gasteiger partial charge in [0.1, 0.15) is 5.82 Å². The average Bonchev–Trinajstić information content (AvgIpc) is 2.35. The highest BCUT2D eigenvalue weighted by atomic mass is 16.3. The lowest BCUT2D eigenvalue weighted by Gasteiger charge is -1.94. The molecule has 2 aromatic rings.